The van der Waals surface area contributed by atoms with Gasteiger partial charge in [-0.3, -0.25) is 0 Å². The Balaban J connectivity index is 1.46. The number of hydrogen-bond acceptors (Lipinski definition) is 3. The minimum atomic E-state index is -0.268. The third-order valence-corrected chi connectivity index (χ3v) is 3.47. The minimum Gasteiger partial charge on any atom is -0.461 e. The molecule has 2 N–H and O–H groups in total. The van der Waals surface area contributed by atoms with Crippen LogP contribution in [0.25, 0.3) is 11.5 Å². The molecule has 0 fully saturated rings. The highest BCUT2D eigenvalue weighted by Crippen LogP contribution is 2.22. The number of carbonyl (C=O) groups excluding carboxylic acids is 1. The van der Waals surface area contributed by atoms with Crippen LogP contribution in [-0.2, 0) is 13.1 Å². The number of amides is 2. The molecule has 0 spiro atoms. The van der Waals surface area contributed by atoms with E-state index in [0.717, 1.165) is 5.56 Å². The monoisotopic (exact) mass is 330 g/mol. The summed E-state index contributed by atoms with van der Waals surface area (Å²) in [6.07, 6.45) is 1.58. The van der Waals surface area contributed by atoms with E-state index in [-0.39, 0.29) is 6.03 Å². The summed E-state index contributed by atoms with van der Waals surface area (Å²) < 4.78 is 10.9. The molecular formula is C17H15ClN2O3. The number of rotatable bonds is 5. The van der Waals surface area contributed by atoms with Crippen molar-refractivity contribution in [3.63, 3.8) is 0 Å². The number of halogens is 1. The fraction of sp³-hybridized carbons (Fsp3) is 0.118. The van der Waals surface area contributed by atoms with E-state index in [1.54, 1.807) is 30.5 Å². The van der Waals surface area contributed by atoms with Gasteiger partial charge in [0, 0.05) is 11.6 Å². The smallest absolute Gasteiger partial charge is 0.315 e. The molecule has 1 aromatic carbocycles. The third kappa shape index (κ3) is 4.17. The van der Waals surface area contributed by atoms with Crippen LogP contribution in [0, 0.1) is 0 Å². The summed E-state index contributed by atoms with van der Waals surface area (Å²) in [5.41, 5.74) is 0.975. The number of hydrogen-bond donors (Lipinski definition) is 2. The second-order valence-corrected chi connectivity index (χ2v) is 5.34. The van der Waals surface area contributed by atoms with Gasteiger partial charge >= 0.3 is 6.03 Å². The fourth-order valence-corrected chi connectivity index (χ4v) is 2.16. The number of furan rings is 2. The number of benzene rings is 1. The molecule has 0 saturated heterocycles. The summed E-state index contributed by atoms with van der Waals surface area (Å²) in [7, 11) is 0. The van der Waals surface area contributed by atoms with E-state index >= 15 is 0 Å². The van der Waals surface area contributed by atoms with Gasteiger partial charge in [0.05, 0.1) is 12.8 Å². The lowest BCUT2D eigenvalue weighted by Gasteiger charge is -2.06. The lowest BCUT2D eigenvalue weighted by Crippen LogP contribution is -2.34. The maximum absolute atomic E-state index is 11.8. The zero-order valence-electron chi connectivity index (χ0n) is 12.2. The molecule has 0 atom stereocenters. The molecule has 0 bridgehead atoms. The van der Waals surface area contributed by atoms with Crippen LogP contribution in [0.5, 0.6) is 0 Å². The highest BCUT2D eigenvalue weighted by Gasteiger charge is 2.08. The number of urea groups is 1. The maximum Gasteiger partial charge on any atom is 0.315 e. The third-order valence-electron chi connectivity index (χ3n) is 3.22. The van der Waals surface area contributed by atoms with E-state index in [9.17, 15) is 4.79 Å². The average Bonchev–Trinajstić information content (AvgIpc) is 3.23. The SMILES string of the molecule is O=C(NCc1ccc(Cl)cc1)NCc1ccc(-c2ccco2)o1. The Morgan fingerprint density at radius 2 is 1.74 bits per heavy atom. The lowest BCUT2D eigenvalue weighted by molar-refractivity contribution is 0.239. The summed E-state index contributed by atoms with van der Waals surface area (Å²) in [5.74, 6) is 1.94. The normalized spacial score (nSPS) is 10.5. The Morgan fingerprint density at radius 3 is 2.48 bits per heavy atom. The molecule has 2 amide bonds. The Morgan fingerprint density at radius 1 is 0.957 bits per heavy atom. The summed E-state index contributed by atoms with van der Waals surface area (Å²) >= 11 is 5.81. The van der Waals surface area contributed by atoms with Crippen molar-refractivity contribution < 1.29 is 13.6 Å². The summed E-state index contributed by atoms with van der Waals surface area (Å²) in [5, 5.41) is 6.18. The van der Waals surface area contributed by atoms with Crippen molar-refractivity contribution >= 4 is 17.6 Å². The van der Waals surface area contributed by atoms with Gasteiger partial charge in [-0.05, 0) is 42.0 Å². The van der Waals surface area contributed by atoms with Crippen molar-refractivity contribution in [1.82, 2.24) is 10.6 Å². The number of carbonyl (C=O) groups is 1. The largest absolute Gasteiger partial charge is 0.461 e. The maximum atomic E-state index is 11.8. The molecule has 3 rings (SSSR count). The molecule has 6 heteroatoms. The highest BCUT2D eigenvalue weighted by molar-refractivity contribution is 6.30. The molecule has 0 radical (unpaired) electrons. The van der Waals surface area contributed by atoms with Crippen molar-refractivity contribution in [2.75, 3.05) is 0 Å². The quantitative estimate of drug-likeness (QED) is 0.737. The molecule has 2 heterocycles. The summed E-state index contributed by atoms with van der Waals surface area (Å²) in [6, 6.07) is 14.3. The first-order valence-corrected chi connectivity index (χ1v) is 7.47. The fourth-order valence-electron chi connectivity index (χ4n) is 2.04. The minimum absolute atomic E-state index is 0.268. The van der Waals surface area contributed by atoms with Crippen molar-refractivity contribution in [3.05, 3.63) is 71.1 Å². The van der Waals surface area contributed by atoms with Crippen LogP contribution in [0.1, 0.15) is 11.3 Å². The van der Waals surface area contributed by atoms with E-state index < -0.39 is 0 Å². The molecule has 0 saturated carbocycles. The van der Waals surface area contributed by atoms with Crippen LogP contribution >= 0.6 is 11.6 Å². The standard InChI is InChI=1S/C17H15ClN2O3/c18-13-5-3-12(4-6-13)10-19-17(21)20-11-14-7-8-16(23-14)15-2-1-9-22-15/h1-9H,10-11H2,(H2,19,20,21). The van der Waals surface area contributed by atoms with Gasteiger partial charge in [-0.2, -0.15) is 0 Å². The van der Waals surface area contributed by atoms with Gasteiger partial charge in [-0.15, -0.1) is 0 Å². The number of nitrogens with one attached hydrogen (secondary N) is 2. The molecule has 5 nitrogen and oxygen atoms in total. The lowest BCUT2D eigenvalue weighted by atomic mass is 10.2. The van der Waals surface area contributed by atoms with E-state index in [4.69, 9.17) is 20.4 Å². The van der Waals surface area contributed by atoms with Gasteiger partial charge < -0.3 is 19.5 Å². The first-order valence-electron chi connectivity index (χ1n) is 7.09. The van der Waals surface area contributed by atoms with Gasteiger partial charge in [0.2, 0.25) is 0 Å². The predicted octanol–water partition coefficient (Wildman–Crippen LogP) is 4.19. The van der Waals surface area contributed by atoms with Gasteiger partial charge in [-0.1, -0.05) is 23.7 Å². The molecule has 23 heavy (non-hydrogen) atoms. The average molecular weight is 331 g/mol. The molecular weight excluding hydrogens is 316 g/mol. The second kappa shape index (κ2) is 7.07. The van der Waals surface area contributed by atoms with Gasteiger partial charge in [0.25, 0.3) is 0 Å². The van der Waals surface area contributed by atoms with Crippen molar-refractivity contribution in [1.29, 1.82) is 0 Å². The summed E-state index contributed by atoms with van der Waals surface area (Å²) in [4.78, 5) is 11.8. The molecule has 0 aliphatic carbocycles. The second-order valence-electron chi connectivity index (χ2n) is 4.91. The molecule has 3 aromatic rings. The van der Waals surface area contributed by atoms with Gasteiger partial charge in [-0.25, -0.2) is 4.79 Å². The first kappa shape index (κ1) is 15.2. The van der Waals surface area contributed by atoms with Crippen LogP contribution < -0.4 is 10.6 Å². The van der Waals surface area contributed by atoms with Crippen molar-refractivity contribution in [2.24, 2.45) is 0 Å². The zero-order valence-corrected chi connectivity index (χ0v) is 13.0. The highest BCUT2D eigenvalue weighted by atomic mass is 35.5. The van der Waals surface area contributed by atoms with Gasteiger partial charge in [0.15, 0.2) is 11.5 Å². The molecule has 0 aliphatic heterocycles. The molecule has 118 valence electrons. The predicted molar refractivity (Wildman–Crippen MR) is 86.9 cm³/mol. The van der Waals surface area contributed by atoms with Gasteiger partial charge in [0.1, 0.15) is 5.76 Å². The van der Waals surface area contributed by atoms with E-state index in [1.165, 1.54) is 0 Å². The molecule has 0 unspecified atom stereocenters. The Labute approximate surface area is 138 Å². The van der Waals surface area contributed by atoms with Crippen molar-refractivity contribution in [2.45, 2.75) is 13.1 Å². The Hall–Kier alpha value is -2.66. The summed E-state index contributed by atoms with van der Waals surface area (Å²) in [6.45, 7) is 0.728. The van der Waals surface area contributed by atoms with Crippen LogP contribution in [0.3, 0.4) is 0 Å². The van der Waals surface area contributed by atoms with Crippen LogP contribution in [-0.4, -0.2) is 6.03 Å². The Kier molecular flexibility index (Phi) is 4.68. The zero-order chi connectivity index (χ0) is 16.1. The molecule has 2 aromatic heterocycles. The Bertz CT molecular complexity index is 764. The van der Waals surface area contributed by atoms with Crippen LogP contribution in [0.15, 0.2) is 63.6 Å². The topological polar surface area (TPSA) is 67.4 Å². The first-order chi connectivity index (χ1) is 11.2. The molecule has 0 aliphatic rings. The van der Waals surface area contributed by atoms with E-state index in [0.29, 0.717) is 35.4 Å². The van der Waals surface area contributed by atoms with E-state index in [2.05, 4.69) is 10.6 Å². The van der Waals surface area contributed by atoms with Crippen molar-refractivity contribution in [3.8, 4) is 11.5 Å². The van der Waals surface area contributed by atoms with E-state index in [1.807, 2.05) is 24.3 Å². The van der Waals surface area contributed by atoms with Crippen LogP contribution in [0.4, 0.5) is 4.79 Å². The van der Waals surface area contributed by atoms with Crippen LogP contribution in [0.2, 0.25) is 5.02 Å².